The highest BCUT2D eigenvalue weighted by Gasteiger charge is 2.62. The molecule has 3 aromatic rings. The van der Waals surface area contributed by atoms with E-state index in [0.29, 0.717) is 12.1 Å². The molecule has 0 bridgehead atoms. The molecule has 3 aromatic carbocycles. The smallest absolute Gasteiger partial charge is 0.0620 e. The number of rotatable bonds is 4. The van der Waals surface area contributed by atoms with Gasteiger partial charge in [-0.1, -0.05) is 90.5 Å². The highest BCUT2D eigenvalue weighted by Crippen LogP contribution is 2.59. The van der Waals surface area contributed by atoms with Crippen LogP contribution in [0.4, 0.5) is 5.69 Å². The fraction of sp³-hybridized carbons (Fsp3) is 0.286. The van der Waals surface area contributed by atoms with Crippen LogP contribution in [0.5, 0.6) is 0 Å². The number of likely N-dealkylation sites (tertiary alicyclic amines) is 1. The molecule has 2 nitrogen and oxygen atoms in total. The molecule has 0 aromatic heterocycles. The minimum absolute atomic E-state index is 0.185. The fourth-order valence-corrected chi connectivity index (χ4v) is 6.41. The average Bonchev–Trinajstić information content (AvgIpc) is 3.37. The first-order valence-electron chi connectivity index (χ1n) is 11.1. The van der Waals surface area contributed by atoms with Crippen LogP contribution in [0.15, 0.2) is 96.6 Å². The molecule has 0 saturated carbocycles. The molecule has 1 fully saturated rings. The molecule has 1 spiro atoms. The van der Waals surface area contributed by atoms with Crippen molar-refractivity contribution in [1.82, 2.24) is 4.90 Å². The minimum Gasteiger partial charge on any atom is -0.359 e. The number of nitrogens with zero attached hydrogens (tertiary/aromatic N) is 2. The Balaban J connectivity index is 1.40. The molecule has 0 N–H and O–H groups in total. The molecule has 30 heavy (non-hydrogen) atoms. The van der Waals surface area contributed by atoms with E-state index in [1.165, 1.54) is 28.8 Å². The van der Waals surface area contributed by atoms with Crippen LogP contribution in [0.2, 0.25) is 0 Å². The number of anilines is 1. The number of benzene rings is 3. The van der Waals surface area contributed by atoms with Crippen molar-refractivity contribution in [2.24, 2.45) is 0 Å². The van der Waals surface area contributed by atoms with E-state index in [9.17, 15) is 0 Å². The molecule has 1 aliphatic carbocycles. The highest BCUT2D eigenvalue weighted by atomic mass is 15.3. The number of hydrogen-bond acceptors (Lipinski definition) is 2. The third-order valence-electron chi connectivity index (χ3n) is 7.52. The molecule has 3 aliphatic rings. The summed E-state index contributed by atoms with van der Waals surface area (Å²) in [5, 5.41) is 0. The van der Waals surface area contributed by atoms with Gasteiger partial charge in [0.05, 0.1) is 6.04 Å². The van der Waals surface area contributed by atoms with Gasteiger partial charge in [-0.25, -0.2) is 0 Å². The van der Waals surface area contributed by atoms with Crippen molar-refractivity contribution in [3.8, 4) is 0 Å². The van der Waals surface area contributed by atoms with Gasteiger partial charge in [0.1, 0.15) is 0 Å². The van der Waals surface area contributed by atoms with Gasteiger partial charge in [0.2, 0.25) is 0 Å². The second-order valence-electron chi connectivity index (χ2n) is 9.14. The largest absolute Gasteiger partial charge is 0.359 e. The Kier molecular flexibility index (Phi) is 4.10. The van der Waals surface area contributed by atoms with Crippen LogP contribution in [-0.4, -0.2) is 23.5 Å². The van der Waals surface area contributed by atoms with Gasteiger partial charge in [-0.05, 0) is 36.1 Å². The van der Waals surface area contributed by atoms with E-state index >= 15 is 0 Å². The standard InChI is InChI=1S/C28H28N2/c1-21-18-26-28(16-17-29(26)19-22-10-4-2-5-11-22)24-14-8-9-15-25(24)30(27(21)28)20-23-12-6-3-7-13-23/h2-15,18,26-27H,16-17,19-20H2,1H3/t26-,27-,28+/m0/s1. The summed E-state index contributed by atoms with van der Waals surface area (Å²) >= 11 is 0. The lowest BCUT2D eigenvalue weighted by Crippen LogP contribution is -2.47. The third-order valence-corrected chi connectivity index (χ3v) is 7.52. The molecule has 1 saturated heterocycles. The molecule has 0 radical (unpaired) electrons. The van der Waals surface area contributed by atoms with Gasteiger partial charge in [0.15, 0.2) is 0 Å². The van der Waals surface area contributed by atoms with E-state index < -0.39 is 0 Å². The predicted molar refractivity (Wildman–Crippen MR) is 124 cm³/mol. The number of fused-ring (bicyclic) bond motifs is 1. The summed E-state index contributed by atoms with van der Waals surface area (Å²) in [5.41, 5.74) is 7.51. The van der Waals surface area contributed by atoms with Gasteiger partial charge in [-0.3, -0.25) is 4.90 Å². The summed E-state index contributed by atoms with van der Waals surface area (Å²) < 4.78 is 0. The van der Waals surface area contributed by atoms with Gasteiger partial charge in [0, 0.05) is 36.8 Å². The second-order valence-corrected chi connectivity index (χ2v) is 9.14. The van der Waals surface area contributed by atoms with Crippen LogP contribution in [0.25, 0.3) is 0 Å². The van der Waals surface area contributed by atoms with Gasteiger partial charge in [-0.2, -0.15) is 0 Å². The van der Waals surface area contributed by atoms with Gasteiger partial charge < -0.3 is 4.90 Å². The average molecular weight is 393 g/mol. The van der Waals surface area contributed by atoms with E-state index in [0.717, 1.165) is 19.6 Å². The lowest BCUT2D eigenvalue weighted by molar-refractivity contribution is 0.245. The lowest BCUT2D eigenvalue weighted by atomic mass is 9.73. The Morgan fingerprint density at radius 2 is 1.43 bits per heavy atom. The van der Waals surface area contributed by atoms with E-state index in [4.69, 9.17) is 0 Å². The van der Waals surface area contributed by atoms with Crippen molar-refractivity contribution in [3.05, 3.63) is 113 Å². The first-order valence-corrected chi connectivity index (χ1v) is 11.1. The van der Waals surface area contributed by atoms with Crippen LogP contribution >= 0.6 is 0 Å². The Labute approximate surface area is 179 Å². The van der Waals surface area contributed by atoms with E-state index in [1.807, 2.05) is 0 Å². The predicted octanol–water partition coefficient (Wildman–Crippen LogP) is 5.55. The molecule has 2 aliphatic heterocycles. The summed E-state index contributed by atoms with van der Waals surface area (Å²) in [7, 11) is 0. The fourth-order valence-electron chi connectivity index (χ4n) is 6.41. The Morgan fingerprint density at radius 3 is 2.17 bits per heavy atom. The summed E-state index contributed by atoms with van der Waals surface area (Å²) in [5.74, 6) is 0. The molecular formula is C28H28N2. The minimum atomic E-state index is 0.185. The maximum Gasteiger partial charge on any atom is 0.0620 e. The molecule has 2 heterocycles. The van der Waals surface area contributed by atoms with Crippen molar-refractivity contribution >= 4 is 5.69 Å². The van der Waals surface area contributed by atoms with E-state index in [2.05, 4.69) is 108 Å². The summed E-state index contributed by atoms with van der Waals surface area (Å²) in [6.45, 7) is 5.52. The van der Waals surface area contributed by atoms with Crippen molar-refractivity contribution in [1.29, 1.82) is 0 Å². The SMILES string of the molecule is CC1=C[C@@H]2N(Cc3ccccc3)CC[C@@]23c2ccccc2N(Cc2ccccc2)[C@@H]13. The summed E-state index contributed by atoms with van der Waals surface area (Å²) in [6.07, 6.45) is 3.81. The summed E-state index contributed by atoms with van der Waals surface area (Å²) in [4.78, 5) is 5.39. The zero-order chi connectivity index (χ0) is 20.1. The monoisotopic (exact) mass is 392 g/mol. The maximum atomic E-state index is 2.71. The quantitative estimate of drug-likeness (QED) is 0.537. The van der Waals surface area contributed by atoms with Gasteiger partial charge in [0.25, 0.3) is 0 Å². The van der Waals surface area contributed by atoms with Crippen molar-refractivity contribution in [3.63, 3.8) is 0 Å². The van der Waals surface area contributed by atoms with E-state index in [-0.39, 0.29) is 5.41 Å². The molecular weight excluding hydrogens is 364 g/mol. The Morgan fingerprint density at radius 1 is 0.800 bits per heavy atom. The summed E-state index contributed by atoms with van der Waals surface area (Å²) in [6, 6.07) is 32.0. The van der Waals surface area contributed by atoms with Crippen LogP contribution in [0.3, 0.4) is 0 Å². The van der Waals surface area contributed by atoms with Crippen LogP contribution < -0.4 is 4.90 Å². The first-order chi connectivity index (χ1) is 14.8. The van der Waals surface area contributed by atoms with Gasteiger partial charge in [-0.15, -0.1) is 0 Å². The van der Waals surface area contributed by atoms with Crippen LogP contribution in [-0.2, 0) is 18.5 Å². The number of para-hydroxylation sites is 1. The van der Waals surface area contributed by atoms with Crippen molar-refractivity contribution < 1.29 is 0 Å². The molecule has 0 unspecified atom stereocenters. The van der Waals surface area contributed by atoms with Gasteiger partial charge >= 0.3 is 0 Å². The molecule has 2 heteroatoms. The lowest BCUT2D eigenvalue weighted by Gasteiger charge is -2.36. The molecule has 3 atom stereocenters. The third kappa shape index (κ3) is 2.53. The molecule has 0 amide bonds. The molecule has 6 rings (SSSR count). The van der Waals surface area contributed by atoms with E-state index in [1.54, 1.807) is 5.56 Å². The first kappa shape index (κ1) is 18.0. The normalized spacial score (nSPS) is 27.0. The Hall–Kier alpha value is -2.84. The maximum absolute atomic E-state index is 2.71. The highest BCUT2D eigenvalue weighted by molar-refractivity contribution is 5.70. The topological polar surface area (TPSA) is 6.48 Å². The molecule has 150 valence electrons. The van der Waals surface area contributed by atoms with Crippen LogP contribution in [0, 0.1) is 0 Å². The van der Waals surface area contributed by atoms with Crippen molar-refractivity contribution in [2.75, 3.05) is 11.4 Å². The zero-order valence-electron chi connectivity index (χ0n) is 17.5. The number of hydrogen-bond donors (Lipinski definition) is 0. The second kappa shape index (κ2) is 6.85. The zero-order valence-corrected chi connectivity index (χ0v) is 17.5. The van der Waals surface area contributed by atoms with Crippen molar-refractivity contribution in [2.45, 2.75) is 43.9 Å². The van der Waals surface area contributed by atoms with Crippen LogP contribution in [0.1, 0.15) is 30.0 Å². The Bertz CT molecular complexity index is 1090.